The number of nitrogens with zero attached hydrogens (tertiary/aromatic N) is 2. The van der Waals surface area contributed by atoms with Crippen molar-refractivity contribution in [3.8, 4) is 0 Å². The zero-order valence-corrected chi connectivity index (χ0v) is 16.7. The fourth-order valence-electron chi connectivity index (χ4n) is 3.47. The molecule has 140 valence electrons. The van der Waals surface area contributed by atoms with Crippen LogP contribution in [0.25, 0.3) is 10.2 Å². The van der Waals surface area contributed by atoms with Gasteiger partial charge >= 0.3 is 0 Å². The SMILES string of the molecule is Cc1ccc(C(=O)Nc2nc3ccc(CN4CCC(C)CC4)cc3s2)cc1. The number of thiazole rings is 1. The fraction of sp³-hybridized carbons (Fsp3) is 0.364. The molecule has 0 saturated carbocycles. The summed E-state index contributed by atoms with van der Waals surface area (Å²) in [6.45, 7) is 7.70. The summed E-state index contributed by atoms with van der Waals surface area (Å²) in [6.07, 6.45) is 2.58. The molecule has 1 aliphatic rings. The molecule has 4 rings (SSSR count). The minimum absolute atomic E-state index is 0.114. The van der Waals surface area contributed by atoms with Crippen LogP contribution in [-0.2, 0) is 6.54 Å². The first-order chi connectivity index (χ1) is 13.1. The summed E-state index contributed by atoms with van der Waals surface area (Å²) < 4.78 is 1.12. The van der Waals surface area contributed by atoms with Crippen molar-refractivity contribution in [2.45, 2.75) is 33.2 Å². The van der Waals surface area contributed by atoms with E-state index in [4.69, 9.17) is 0 Å². The number of carbonyl (C=O) groups is 1. The van der Waals surface area contributed by atoms with E-state index in [1.54, 1.807) is 0 Å². The minimum Gasteiger partial charge on any atom is -0.299 e. The summed E-state index contributed by atoms with van der Waals surface area (Å²) >= 11 is 1.54. The average molecular weight is 380 g/mol. The molecule has 4 nitrogen and oxygen atoms in total. The highest BCUT2D eigenvalue weighted by atomic mass is 32.1. The fourth-order valence-corrected chi connectivity index (χ4v) is 4.40. The Kier molecular flexibility index (Phi) is 5.23. The van der Waals surface area contributed by atoms with E-state index >= 15 is 0 Å². The number of amides is 1. The van der Waals surface area contributed by atoms with Crippen molar-refractivity contribution in [3.63, 3.8) is 0 Å². The van der Waals surface area contributed by atoms with Gasteiger partial charge in [-0.2, -0.15) is 0 Å². The van der Waals surface area contributed by atoms with Gasteiger partial charge in [-0.3, -0.25) is 15.0 Å². The molecule has 0 spiro atoms. The summed E-state index contributed by atoms with van der Waals surface area (Å²) in [5.41, 5.74) is 4.05. The number of nitrogens with one attached hydrogen (secondary N) is 1. The van der Waals surface area contributed by atoms with Crippen molar-refractivity contribution in [3.05, 3.63) is 59.2 Å². The number of fused-ring (bicyclic) bond motifs is 1. The normalized spacial score (nSPS) is 15.9. The molecule has 0 aliphatic carbocycles. The number of aromatic nitrogens is 1. The van der Waals surface area contributed by atoms with Gasteiger partial charge in [0, 0.05) is 12.1 Å². The third-order valence-corrected chi connectivity index (χ3v) is 6.20. The van der Waals surface area contributed by atoms with E-state index in [0.717, 1.165) is 28.2 Å². The molecule has 3 aromatic rings. The van der Waals surface area contributed by atoms with Gasteiger partial charge in [0.2, 0.25) is 0 Å². The number of rotatable bonds is 4. The van der Waals surface area contributed by atoms with Crippen molar-refractivity contribution in [1.29, 1.82) is 0 Å². The summed E-state index contributed by atoms with van der Waals surface area (Å²) in [5.74, 6) is 0.738. The maximum absolute atomic E-state index is 12.4. The Morgan fingerprint density at radius 3 is 2.67 bits per heavy atom. The minimum atomic E-state index is -0.114. The summed E-state index contributed by atoms with van der Waals surface area (Å²) in [4.78, 5) is 19.5. The van der Waals surface area contributed by atoms with Gasteiger partial charge in [-0.1, -0.05) is 42.0 Å². The van der Waals surface area contributed by atoms with E-state index in [1.165, 1.54) is 42.8 Å². The third-order valence-electron chi connectivity index (χ3n) is 5.27. The van der Waals surface area contributed by atoms with Crippen molar-refractivity contribution >= 4 is 32.6 Å². The Labute approximate surface area is 164 Å². The number of benzene rings is 2. The molecule has 0 unspecified atom stereocenters. The van der Waals surface area contributed by atoms with Gasteiger partial charge in [0.1, 0.15) is 0 Å². The van der Waals surface area contributed by atoms with E-state index in [1.807, 2.05) is 31.2 Å². The lowest BCUT2D eigenvalue weighted by molar-refractivity contribution is 0.102. The molecular weight excluding hydrogens is 354 g/mol. The number of carbonyl (C=O) groups excluding carboxylic acids is 1. The van der Waals surface area contributed by atoms with Gasteiger partial charge in [0.15, 0.2) is 5.13 Å². The summed E-state index contributed by atoms with van der Waals surface area (Å²) in [5, 5.41) is 3.58. The second kappa shape index (κ2) is 7.79. The summed E-state index contributed by atoms with van der Waals surface area (Å²) in [6, 6.07) is 14.0. The van der Waals surface area contributed by atoms with Crippen LogP contribution in [0.15, 0.2) is 42.5 Å². The van der Waals surface area contributed by atoms with Crippen molar-refractivity contribution < 1.29 is 4.79 Å². The van der Waals surface area contributed by atoms with Crippen LogP contribution < -0.4 is 5.32 Å². The number of likely N-dealkylation sites (tertiary alicyclic amines) is 1. The predicted octanol–water partition coefficient (Wildman–Crippen LogP) is 5.09. The Hall–Kier alpha value is -2.24. The van der Waals surface area contributed by atoms with Gasteiger partial charge in [-0.25, -0.2) is 4.98 Å². The number of anilines is 1. The molecule has 27 heavy (non-hydrogen) atoms. The Bertz CT molecular complexity index is 940. The maximum atomic E-state index is 12.4. The van der Waals surface area contributed by atoms with E-state index < -0.39 is 0 Å². The standard InChI is InChI=1S/C22H25N3OS/c1-15-3-6-18(7-4-15)21(26)24-22-23-19-8-5-17(13-20(19)27-22)14-25-11-9-16(2)10-12-25/h3-8,13,16H,9-12,14H2,1-2H3,(H,23,24,26). The molecule has 1 N–H and O–H groups in total. The van der Waals surface area contributed by atoms with Crippen LogP contribution in [-0.4, -0.2) is 28.9 Å². The maximum Gasteiger partial charge on any atom is 0.257 e. The van der Waals surface area contributed by atoms with Gasteiger partial charge in [-0.05, 0) is 68.6 Å². The second-order valence-electron chi connectivity index (χ2n) is 7.60. The molecule has 0 radical (unpaired) electrons. The number of hydrogen-bond acceptors (Lipinski definition) is 4. The van der Waals surface area contributed by atoms with E-state index in [9.17, 15) is 4.79 Å². The highest BCUT2D eigenvalue weighted by Gasteiger charge is 2.16. The van der Waals surface area contributed by atoms with Gasteiger partial charge in [-0.15, -0.1) is 0 Å². The zero-order valence-electron chi connectivity index (χ0n) is 15.9. The lowest BCUT2D eigenvalue weighted by Crippen LogP contribution is -2.32. The van der Waals surface area contributed by atoms with Crippen LogP contribution in [0.4, 0.5) is 5.13 Å². The number of piperidine rings is 1. The third kappa shape index (κ3) is 4.37. The Morgan fingerprint density at radius 2 is 1.93 bits per heavy atom. The molecule has 2 heterocycles. The number of aryl methyl sites for hydroxylation is 1. The first-order valence-corrected chi connectivity index (χ1v) is 10.4. The van der Waals surface area contributed by atoms with Crippen molar-refractivity contribution in [1.82, 2.24) is 9.88 Å². The van der Waals surface area contributed by atoms with E-state index in [2.05, 4.69) is 40.3 Å². The van der Waals surface area contributed by atoms with Gasteiger partial charge < -0.3 is 0 Å². The highest BCUT2D eigenvalue weighted by Crippen LogP contribution is 2.28. The van der Waals surface area contributed by atoms with Gasteiger partial charge in [0.25, 0.3) is 5.91 Å². The van der Waals surface area contributed by atoms with Crippen LogP contribution in [0.5, 0.6) is 0 Å². The van der Waals surface area contributed by atoms with Crippen LogP contribution in [0.3, 0.4) is 0 Å². The molecule has 2 aromatic carbocycles. The molecule has 1 amide bonds. The molecule has 1 saturated heterocycles. The second-order valence-corrected chi connectivity index (χ2v) is 8.63. The van der Waals surface area contributed by atoms with Crippen LogP contribution in [0, 0.1) is 12.8 Å². The lowest BCUT2D eigenvalue weighted by atomic mass is 9.99. The Balaban J connectivity index is 1.45. The zero-order chi connectivity index (χ0) is 18.8. The van der Waals surface area contributed by atoms with Crippen LogP contribution in [0.2, 0.25) is 0 Å². The molecule has 1 aromatic heterocycles. The molecule has 1 fully saturated rings. The Morgan fingerprint density at radius 1 is 1.19 bits per heavy atom. The van der Waals surface area contributed by atoms with Gasteiger partial charge in [0.05, 0.1) is 10.2 Å². The lowest BCUT2D eigenvalue weighted by Gasteiger charge is -2.30. The van der Waals surface area contributed by atoms with Crippen molar-refractivity contribution in [2.75, 3.05) is 18.4 Å². The molecule has 1 aliphatic heterocycles. The largest absolute Gasteiger partial charge is 0.299 e. The van der Waals surface area contributed by atoms with Crippen LogP contribution in [0.1, 0.15) is 41.3 Å². The first kappa shape index (κ1) is 18.1. The summed E-state index contributed by atoms with van der Waals surface area (Å²) in [7, 11) is 0. The van der Waals surface area contributed by atoms with Crippen molar-refractivity contribution in [2.24, 2.45) is 5.92 Å². The number of hydrogen-bond donors (Lipinski definition) is 1. The van der Waals surface area contributed by atoms with Crippen LogP contribution >= 0.6 is 11.3 Å². The monoisotopic (exact) mass is 379 g/mol. The highest BCUT2D eigenvalue weighted by molar-refractivity contribution is 7.22. The molecule has 0 bridgehead atoms. The topological polar surface area (TPSA) is 45.2 Å². The predicted molar refractivity (Wildman–Crippen MR) is 112 cm³/mol. The molecule has 5 heteroatoms. The van der Waals surface area contributed by atoms with E-state index in [0.29, 0.717) is 10.7 Å². The smallest absolute Gasteiger partial charge is 0.257 e. The first-order valence-electron chi connectivity index (χ1n) is 9.57. The molecule has 0 atom stereocenters. The average Bonchev–Trinajstić information content (AvgIpc) is 3.05. The van der Waals surface area contributed by atoms with E-state index in [-0.39, 0.29) is 5.91 Å². The quantitative estimate of drug-likeness (QED) is 0.687. The molecular formula is C22H25N3OS.